The zero-order valence-corrected chi connectivity index (χ0v) is 31.3. The van der Waals surface area contributed by atoms with Crippen LogP contribution in [0.2, 0.25) is 0 Å². The first-order chi connectivity index (χ1) is 28.7. The molecule has 270 valence electrons. The molecule has 0 saturated carbocycles. The highest BCUT2D eigenvalue weighted by molar-refractivity contribution is 6.15. The van der Waals surface area contributed by atoms with Crippen LogP contribution in [-0.4, -0.2) is 0 Å². The molecule has 58 heavy (non-hydrogen) atoms. The van der Waals surface area contributed by atoms with Crippen LogP contribution in [0.25, 0.3) is 65.4 Å². The molecule has 10 aromatic carbocycles. The fourth-order valence-corrected chi connectivity index (χ4v) is 10.2. The first-order valence-corrected chi connectivity index (χ1v) is 19.9. The Kier molecular flexibility index (Phi) is 6.37. The van der Waals surface area contributed by atoms with Gasteiger partial charge in [0, 0.05) is 50.4 Å². The van der Waals surface area contributed by atoms with Crippen molar-refractivity contribution in [2.75, 3.05) is 4.90 Å². The maximum Gasteiger partial charge on any atom is 0.143 e. The maximum atomic E-state index is 6.79. The van der Waals surface area contributed by atoms with Crippen LogP contribution in [0, 0.1) is 0 Å². The van der Waals surface area contributed by atoms with Gasteiger partial charge in [0.1, 0.15) is 22.7 Å². The summed E-state index contributed by atoms with van der Waals surface area (Å²) in [4.78, 5) is 2.39. The lowest BCUT2D eigenvalue weighted by molar-refractivity contribution is 0.435. The minimum Gasteiger partial charge on any atom is -0.457 e. The summed E-state index contributed by atoms with van der Waals surface area (Å²) in [5.41, 5.74) is 11.5. The van der Waals surface area contributed by atoms with Gasteiger partial charge in [-0.05, 0) is 104 Å². The second-order valence-corrected chi connectivity index (χ2v) is 15.6. The van der Waals surface area contributed by atoms with E-state index in [1.54, 1.807) is 0 Å². The van der Waals surface area contributed by atoms with Gasteiger partial charge in [-0.3, -0.25) is 0 Å². The van der Waals surface area contributed by atoms with Crippen molar-refractivity contribution in [2.24, 2.45) is 0 Å². The smallest absolute Gasteiger partial charge is 0.143 e. The number of benzene rings is 10. The summed E-state index contributed by atoms with van der Waals surface area (Å²) in [5, 5.41) is 9.42. The van der Waals surface area contributed by atoms with Crippen molar-refractivity contribution >= 4 is 71.3 Å². The number of ether oxygens (including phenoxy) is 1. The van der Waals surface area contributed by atoms with Crippen LogP contribution in [0.5, 0.6) is 11.5 Å². The van der Waals surface area contributed by atoms with Crippen molar-refractivity contribution in [1.82, 2.24) is 0 Å². The topological polar surface area (TPSA) is 25.6 Å². The van der Waals surface area contributed by atoms with E-state index in [-0.39, 0.29) is 0 Å². The van der Waals surface area contributed by atoms with Crippen molar-refractivity contribution in [3.8, 4) is 22.6 Å². The van der Waals surface area contributed by atoms with E-state index < -0.39 is 5.41 Å². The van der Waals surface area contributed by atoms with Crippen LogP contribution < -0.4 is 9.64 Å². The van der Waals surface area contributed by atoms with Crippen LogP contribution in [0.3, 0.4) is 0 Å². The van der Waals surface area contributed by atoms with Crippen molar-refractivity contribution < 1.29 is 9.15 Å². The van der Waals surface area contributed by atoms with Gasteiger partial charge in [0.05, 0.1) is 5.41 Å². The highest BCUT2D eigenvalue weighted by Gasteiger charge is 2.49. The zero-order valence-electron chi connectivity index (χ0n) is 31.3. The lowest BCUT2D eigenvalue weighted by Gasteiger charge is -2.45. The molecule has 1 aliphatic carbocycles. The SMILES string of the molecule is c1ccc2c(c1)Oc1ccccc1C21c2cc(N(c3ccc4ccccc4c3)c3ccc4c(c3)oc3c5ccccc5ccc43)ccc2-c2cccc3cccc1c23. The van der Waals surface area contributed by atoms with Crippen molar-refractivity contribution in [2.45, 2.75) is 5.41 Å². The predicted molar refractivity (Wildman–Crippen MR) is 238 cm³/mol. The number of nitrogens with zero attached hydrogens (tertiary/aromatic N) is 1. The number of para-hydroxylation sites is 2. The van der Waals surface area contributed by atoms with Crippen LogP contribution >= 0.6 is 0 Å². The van der Waals surface area contributed by atoms with Crippen molar-refractivity contribution in [3.05, 3.63) is 222 Å². The molecule has 11 aromatic rings. The van der Waals surface area contributed by atoms with Gasteiger partial charge in [0.25, 0.3) is 0 Å². The summed E-state index contributed by atoms with van der Waals surface area (Å²) in [6, 6.07) is 72.6. The molecule has 0 radical (unpaired) electrons. The minimum atomic E-state index is -0.649. The molecule has 1 aliphatic heterocycles. The van der Waals surface area contributed by atoms with E-state index in [4.69, 9.17) is 9.15 Å². The van der Waals surface area contributed by atoms with E-state index in [1.807, 2.05) is 0 Å². The Hall–Kier alpha value is -7.62. The largest absolute Gasteiger partial charge is 0.457 e. The fourth-order valence-electron chi connectivity index (χ4n) is 10.2. The minimum absolute atomic E-state index is 0.649. The molecule has 0 amide bonds. The monoisotopic (exact) mass is 739 g/mol. The van der Waals surface area contributed by atoms with Crippen molar-refractivity contribution in [1.29, 1.82) is 0 Å². The second-order valence-electron chi connectivity index (χ2n) is 15.6. The standard InChI is InChI=1S/C55H33NO2/c1-2-13-37-31-38(25-23-34(37)11-1)56(40-27-30-43-45-28-24-35-12-3-4-16-41(35)54(45)58-52(43)33-40)39-26-29-42-44-17-9-14-36-15-10-20-48(53(36)44)55(49(42)32-39)46-18-5-7-21-50(46)57-51-22-8-6-19-47(51)55/h1-33H. The highest BCUT2D eigenvalue weighted by Crippen LogP contribution is 2.61. The predicted octanol–water partition coefficient (Wildman–Crippen LogP) is 15.0. The Morgan fingerprint density at radius 3 is 1.81 bits per heavy atom. The third-order valence-electron chi connectivity index (χ3n) is 12.7. The lowest BCUT2D eigenvalue weighted by Crippen LogP contribution is -2.36. The van der Waals surface area contributed by atoms with Gasteiger partial charge < -0.3 is 14.1 Å². The second kappa shape index (κ2) is 11.7. The quantitative estimate of drug-likeness (QED) is 0.180. The van der Waals surface area contributed by atoms with Gasteiger partial charge in [0.15, 0.2) is 0 Å². The number of hydrogen-bond donors (Lipinski definition) is 0. The molecular formula is C55H33NO2. The molecular weight excluding hydrogens is 707 g/mol. The van der Waals surface area contributed by atoms with Gasteiger partial charge in [-0.15, -0.1) is 0 Å². The molecule has 2 aliphatic rings. The van der Waals surface area contributed by atoms with Gasteiger partial charge in [-0.2, -0.15) is 0 Å². The van der Waals surface area contributed by atoms with Gasteiger partial charge in [-0.1, -0.05) is 140 Å². The Bertz CT molecular complexity index is 3470. The highest BCUT2D eigenvalue weighted by atomic mass is 16.5. The first kappa shape index (κ1) is 31.6. The van der Waals surface area contributed by atoms with Crippen LogP contribution in [0.1, 0.15) is 22.3 Å². The average molecular weight is 740 g/mol. The van der Waals surface area contributed by atoms with E-state index in [0.29, 0.717) is 0 Å². The normalized spacial score (nSPS) is 13.4. The molecule has 13 rings (SSSR count). The third kappa shape index (κ3) is 4.22. The number of furan rings is 1. The molecule has 0 N–H and O–H groups in total. The fraction of sp³-hybridized carbons (Fsp3) is 0.0182. The lowest BCUT2D eigenvalue weighted by atomic mass is 9.58. The summed E-state index contributed by atoms with van der Waals surface area (Å²) in [6.45, 7) is 0. The summed E-state index contributed by atoms with van der Waals surface area (Å²) in [6.07, 6.45) is 0. The molecule has 0 fully saturated rings. The van der Waals surface area contributed by atoms with Crippen LogP contribution in [-0.2, 0) is 5.41 Å². The molecule has 0 unspecified atom stereocenters. The molecule has 0 atom stereocenters. The Morgan fingerprint density at radius 2 is 0.966 bits per heavy atom. The van der Waals surface area contributed by atoms with Gasteiger partial charge in [0.2, 0.25) is 0 Å². The van der Waals surface area contributed by atoms with E-state index in [9.17, 15) is 0 Å². The van der Waals surface area contributed by atoms with E-state index in [0.717, 1.165) is 67.0 Å². The van der Waals surface area contributed by atoms with Gasteiger partial charge in [-0.25, -0.2) is 0 Å². The molecule has 1 aromatic heterocycles. The van der Waals surface area contributed by atoms with Crippen molar-refractivity contribution in [3.63, 3.8) is 0 Å². The summed E-state index contributed by atoms with van der Waals surface area (Å²) in [7, 11) is 0. The Morgan fingerprint density at radius 1 is 0.362 bits per heavy atom. The van der Waals surface area contributed by atoms with E-state index >= 15 is 0 Å². The summed E-state index contributed by atoms with van der Waals surface area (Å²) >= 11 is 0. The first-order valence-electron chi connectivity index (χ1n) is 19.9. The molecule has 2 heterocycles. The van der Waals surface area contributed by atoms with E-state index in [1.165, 1.54) is 49.2 Å². The molecule has 0 bridgehead atoms. The third-order valence-corrected chi connectivity index (χ3v) is 12.7. The molecule has 1 spiro atoms. The zero-order chi connectivity index (χ0) is 38.0. The number of anilines is 3. The number of hydrogen-bond acceptors (Lipinski definition) is 3. The summed E-state index contributed by atoms with van der Waals surface area (Å²) < 4.78 is 13.5. The number of rotatable bonds is 3. The van der Waals surface area contributed by atoms with E-state index in [2.05, 4.69) is 205 Å². The number of fused-ring (bicyclic) bond motifs is 14. The molecule has 3 nitrogen and oxygen atoms in total. The Balaban J connectivity index is 1.12. The maximum absolute atomic E-state index is 6.79. The van der Waals surface area contributed by atoms with Crippen LogP contribution in [0.4, 0.5) is 17.1 Å². The van der Waals surface area contributed by atoms with Crippen LogP contribution in [0.15, 0.2) is 205 Å². The molecule has 3 heteroatoms. The molecule has 0 saturated heterocycles. The average Bonchev–Trinajstić information content (AvgIpc) is 3.66. The Labute approximate surface area is 334 Å². The summed E-state index contributed by atoms with van der Waals surface area (Å²) in [5.74, 6) is 1.76. The van der Waals surface area contributed by atoms with Gasteiger partial charge >= 0.3 is 0 Å².